The molecule has 0 amide bonds. The predicted octanol–water partition coefficient (Wildman–Crippen LogP) is 1.07. The second-order valence-electron chi connectivity index (χ2n) is 4.42. The van der Waals surface area contributed by atoms with Crippen molar-refractivity contribution in [3.05, 3.63) is 29.8 Å². The first-order chi connectivity index (χ1) is 7.86. The summed E-state index contributed by atoms with van der Waals surface area (Å²) in [4.78, 5) is 0.319. The summed E-state index contributed by atoms with van der Waals surface area (Å²) in [6, 6.07) is 6.63. The molecule has 0 spiro atoms. The van der Waals surface area contributed by atoms with Crippen LogP contribution in [0.5, 0.6) is 0 Å². The van der Waals surface area contributed by atoms with E-state index < -0.39 is 9.84 Å². The zero-order valence-electron chi connectivity index (χ0n) is 10.3. The molecule has 4 N–H and O–H groups in total. The van der Waals surface area contributed by atoms with Gasteiger partial charge in [0, 0.05) is 12.3 Å². The summed E-state index contributed by atoms with van der Waals surface area (Å²) < 4.78 is 22.6. The Balaban J connectivity index is 2.88. The predicted molar refractivity (Wildman–Crippen MR) is 69.3 cm³/mol. The van der Waals surface area contributed by atoms with Crippen LogP contribution in [0.2, 0.25) is 0 Å². The highest BCUT2D eigenvalue weighted by atomic mass is 32.2. The van der Waals surface area contributed by atoms with Crippen molar-refractivity contribution in [2.45, 2.75) is 24.3 Å². The van der Waals surface area contributed by atoms with Crippen molar-refractivity contribution in [2.75, 3.05) is 12.8 Å². The van der Waals surface area contributed by atoms with Crippen LogP contribution in [-0.4, -0.2) is 21.2 Å². The zero-order valence-corrected chi connectivity index (χ0v) is 11.1. The monoisotopic (exact) mass is 256 g/mol. The van der Waals surface area contributed by atoms with E-state index in [4.69, 9.17) is 11.5 Å². The first-order valence-corrected chi connectivity index (χ1v) is 7.51. The third kappa shape index (κ3) is 3.80. The van der Waals surface area contributed by atoms with Gasteiger partial charge in [-0.3, -0.25) is 0 Å². The molecule has 1 rings (SSSR count). The lowest BCUT2D eigenvalue weighted by molar-refractivity contribution is 0.444. The molecule has 0 saturated heterocycles. The lowest BCUT2D eigenvalue weighted by Crippen LogP contribution is -2.21. The number of benzene rings is 1. The highest BCUT2D eigenvalue weighted by molar-refractivity contribution is 7.90. The van der Waals surface area contributed by atoms with E-state index in [1.165, 1.54) is 6.26 Å². The van der Waals surface area contributed by atoms with Gasteiger partial charge in [-0.05, 0) is 36.6 Å². The largest absolute Gasteiger partial charge is 0.330 e. The van der Waals surface area contributed by atoms with Gasteiger partial charge in [-0.15, -0.1) is 0 Å². The summed E-state index contributed by atoms with van der Waals surface area (Å²) in [5.41, 5.74) is 12.5. The molecular formula is C12H20N2O2S. The molecular weight excluding hydrogens is 236 g/mol. The summed E-state index contributed by atoms with van der Waals surface area (Å²) >= 11 is 0. The Bertz CT molecular complexity index is 454. The summed E-state index contributed by atoms with van der Waals surface area (Å²) in [5.74, 6) is 0.282. The van der Waals surface area contributed by atoms with Crippen LogP contribution < -0.4 is 11.5 Å². The van der Waals surface area contributed by atoms with E-state index in [0.717, 1.165) is 12.0 Å². The van der Waals surface area contributed by atoms with Crippen molar-refractivity contribution in [2.24, 2.45) is 17.4 Å². The number of hydrogen-bond acceptors (Lipinski definition) is 4. The van der Waals surface area contributed by atoms with Crippen LogP contribution in [-0.2, 0) is 9.84 Å². The van der Waals surface area contributed by atoms with Gasteiger partial charge in [0.25, 0.3) is 0 Å². The van der Waals surface area contributed by atoms with Crippen LogP contribution in [0.4, 0.5) is 0 Å². The minimum atomic E-state index is -3.14. The van der Waals surface area contributed by atoms with Crippen molar-refractivity contribution in [1.29, 1.82) is 0 Å². The van der Waals surface area contributed by atoms with Gasteiger partial charge in [0.2, 0.25) is 0 Å². The Kier molecular flexibility index (Phi) is 4.68. The molecule has 0 radical (unpaired) electrons. The van der Waals surface area contributed by atoms with Gasteiger partial charge in [0.1, 0.15) is 0 Å². The van der Waals surface area contributed by atoms with Crippen molar-refractivity contribution >= 4 is 9.84 Å². The fourth-order valence-corrected chi connectivity index (χ4v) is 2.34. The molecule has 0 heterocycles. The Morgan fingerprint density at radius 3 is 2.18 bits per heavy atom. The molecule has 0 aliphatic carbocycles. The molecule has 0 bridgehead atoms. The minimum absolute atomic E-state index is 0.104. The van der Waals surface area contributed by atoms with Crippen molar-refractivity contribution < 1.29 is 8.42 Å². The Morgan fingerprint density at radius 2 is 1.76 bits per heavy atom. The van der Waals surface area contributed by atoms with Crippen molar-refractivity contribution in [1.82, 2.24) is 0 Å². The van der Waals surface area contributed by atoms with E-state index in [0.29, 0.717) is 11.4 Å². The van der Waals surface area contributed by atoms with Gasteiger partial charge in [-0.25, -0.2) is 8.42 Å². The standard InChI is InChI=1S/C12H20N2O2S/c1-9(7-8-13)12(14)10-3-5-11(6-4-10)17(2,15)16/h3-6,9,12H,7-8,13-14H2,1-2H3. The molecule has 17 heavy (non-hydrogen) atoms. The van der Waals surface area contributed by atoms with E-state index in [9.17, 15) is 8.42 Å². The van der Waals surface area contributed by atoms with Crippen molar-refractivity contribution in [3.8, 4) is 0 Å². The quantitative estimate of drug-likeness (QED) is 0.825. The second kappa shape index (κ2) is 5.62. The lowest BCUT2D eigenvalue weighted by Gasteiger charge is -2.19. The Labute approximate surface area is 103 Å². The molecule has 2 atom stereocenters. The summed E-state index contributed by atoms with van der Waals surface area (Å²) in [6.45, 7) is 2.65. The van der Waals surface area contributed by atoms with Crippen molar-refractivity contribution in [3.63, 3.8) is 0 Å². The summed E-state index contributed by atoms with van der Waals surface area (Å²) in [6.07, 6.45) is 2.05. The molecule has 96 valence electrons. The smallest absolute Gasteiger partial charge is 0.175 e. The Hall–Kier alpha value is -0.910. The van der Waals surface area contributed by atoms with E-state index in [-0.39, 0.29) is 12.0 Å². The number of sulfone groups is 1. The van der Waals surface area contributed by atoms with Crippen LogP contribution >= 0.6 is 0 Å². The topological polar surface area (TPSA) is 86.2 Å². The van der Waals surface area contributed by atoms with Gasteiger partial charge in [0.05, 0.1) is 4.90 Å². The molecule has 1 aromatic carbocycles. The highest BCUT2D eigenvalue weighted by Gasteiger charge is 2.15. The van der Waals surface area contributed by atoms with Gasteiger partial charge < -0.3 is 11.5 Å². The second-order valence-corrected chi connectivity index (χ2v) is 6.44. The van der Waals surface area contributed by atoms with Crippen LogP contribution in [0, 0.1) is 5.92 Å². The normalized spacial score (nSPS) is 15.5. The van der Waals surface area contributed by atoms with E-state index >= 15 is 0 Å². The van der Waals surface area contributed by atoms with Gasteiger partial charge in [0.15, 0.2) is 9.84 Å². The van der Waals surface area contributed by atoms with E-state index in [1.807, 2.05) is 6.92 Å². The van der Waals surface area contributed by atoms with Crippen LogP contribution in [0.3, 0.4) is 0 Å². The van der Waals surface area contributed by atoms with Gasteiger partial charge >= 0.3 is 0 Å². The highest BCUT2D eigenvalue weighted by Crippen LogP contribution is 2.22. The number of nitrogens with two attached hydrogens (primary N) is 2. The molecule has 1 aromatic rings. The molecule has 0 fully saturated rings. The fourth-order valence-electron chi connectivity index (χ4n) is 1.71. The first-order valence-electron chi connectivity index (χ1n) is 5.62. The zero-order chi connectivity index (χ0) is 13.1. The van der Waals surface area contributed by atoms with Crippen LogP contribution in [0.25, 0.3) is 0 Å². The SMILES string of the molecule is CC(CCN)C(N)c1ccc(S(C)(=O)=O)cc1. The van der Waals surface area contributed by atoms with Gasteiger partial charge in [-0.2, -0.15) is 0 Å². The third-order valence-corrected chi connectivity index (χ3v) is 4.06. The number of hydrogen-bond donors (Lipinski definition) is 2. The lowest BCUT2D eigenvalue weighted by atomic mass is 9.93. The average molecular weight is 256 g/mol. The van der Waals surface area contributed by atoms with Crippen LogP contribution in [0.1, 0.15) is 24.9 Å². The minimum Gasteiger partial charge on any atom is -0.330 e. The molecule has 0 saturated carbocycles. The maximum Gasteiger partial charge on any atom is 0.175 e. The average Bonchev–Trinajstić information content (AvgIpc) is 2.27. The first kappa shape index (κ1) is 14.2. The molecule has 0 aliphatic rings. The molecule has 5 heteroatoms. The third-order valence-electron chi connectivity index (χ3n) is 2.93. The summed E-state index contributed by atoms with van der Waals surface area (Å²) in [7, 11) is -3.14. The van der Waals surface area contributed by atoms with E-state index in [2.05, 4.69) is 0 Å². The molecule has 0 aliphatic heterocycles. The summed E-state index contributed by atoms with van der Waals surface area (Å²) in [5, 5.41) is 0. The van der Waals surface area contributed by atoms with Gasteiger partial charge in [-0.1, -0.05) is 19.1 Å². The molecule has 4 nitrogen and oxygen atoms in total. The molecule has 0 aromatic heterocycles. The Morgan fingerprint density at radius 1 is 1.24 bits per heavy atom. The molecule has 2 unspecified atom stereocenters. The van der Waals surface area contributed by atoms with Crippen LogP contribution in [0.15, 0.2) is 29.2 Å². The maximum atomic E-state index is 11.3. The van der Waals surface area contributed by atoms with E-state index in [1.54, 1.807) is 24.3 Å². The number of rotatable bonds is 5. The maximum absolute atomic E-state index is 11.3. The fraction of sp³-hybridized carbons (Fsp3) is 0.500.